The van der Waals surface area contributed by atoms with Crippen molar-refractivity contribution in [3.05, 3.63) is 68.3 Å². The fourth-order valence-corrected chi connectivity index (χ4v) is 5.66. The Morgan fingerprint density at radius 3 is 2.45 bits per heavy atom. The van der Waals surface area contributed by atoms with Gasteiger partial charge in [0.25, 0.3) is 0 Å². The SMILES string of the molecule is CCn1c(SCC(=O)Nc2c(Cl)cccc2Cl)nnc1-c1csc(C)c1-c1ccc(C)cc1. The van der Waals surface area contributed by atoms with E-state index >= 15 is 0 Å². The Morgan fingerprint density at radius 2 is 1.79 bits per heavy atom. The average Bonchev–Trinajstić information content (AvgIpc) is 3.38. The second kappa shape index (κ2) is 10.3. The van der Waals surface area contributed by atoms with E-state index in [1.165, 1.54) is 27.8 Å². The molecule has 0 aliphatic carbocycles. The summed E-state index contributed by atoms with van der Waals surface area (Å²) >= 11 is 15.3. The third-order valence-corrected chi connectivity index (χ3v) is 7.66. The Labute approximate surface area is 211 Å². The molecular weight excluding hydrogens is 495 g/mol. The Hall–Kier alpha value is -2.32. The average molecular weight is 518 g/mol. The molecular formula is C24H22Cl2N4OS2. The Kier molecular flexibility index (Phi) is 7.44. The van der Waals surface area contributed by atoms with Crippen LogP contribution in [0.5, 0.6) is 0 Å². The number of nitrogens with one attached hydrogen (secondary N) is 1. The van der Waals surface area contributed by atoms with E-state index < -0.39 is 0 Å². The van der Waals surface area contributed by atoms with E-state index in [-0.39, 0.29) is 11.7 Å². The maximum Gasteiger partial charge on any atom is 0.234 e. The van der Waals surface area contributed by atoms with Gasteiger partial charge in [0.15, 0.2) is 11.0 Å². The number of anilines is 1. The molecule has 2 heterocycles. The van der Waals surface area contributed by atoms with Crippen LogP contribution in [0.25, 0.3) is 22.5 Å². The van der Waals surface area contributed by atoms with E-state index in [2.05, 4.69) is 59.0 Å². The largest absolute Gasteiger partial charge is 0.323 e. The van der Waals surface area contributed by atoms with Crippen molar-refractivity contribution in [1.29, 1.82) is 0 Å². The normalized spacial score (nSPS) is 11.1. The van der Waals surface area contributed by atoms with Gasteiger partial charge in [0, 0.05) is 27.9 Å². The van der Waals surface area contributed by atoms with E-state index in [0.29, 0.717) is 27.4 Å². The molecule has 9 heteroatoms. The first-order valence-corrected chi connectivity index (χ1v) is 13.0. The van der Waals surface area contributed by atoms with Crippen LogP contribution in [-0.2, 0) is 11.3 Å². The molecule has 5 nitrogen and oxygen atoms in total. The first-order chi connectivity index (χ1) is 15.9. The lowest BCUT2D eigenvalue weighted by Gasteiger charge is -2.10. The monoisotopic (exact) mass is 516 g/mol. The molecule has 170 valence electrons. The lowest BCUT2D eigenvalue weighted by atomic mass is 10.0. The van der Waals surface area contributed by atoms with Gasteiger partial charge in [0.1, 0.15) is 0 Å². The second-order valence-corrected chi connectivity index (χ2v) is 10.3. The summed E-state index contributed by atoms with van der Waals surface area (Å²) in [6, 6.07) is 13.6. The van der Waals surface area contributed by atoms with Crippen LogP contribution < -0.4 is 5.32 Å². The summed E-state index contributed by atoms with van der Waals surface area (Å²) in [6.45, 7) is 6.93. The van der Waals surface area contributed by atoms with Crippen molar-refractivity contribution >= 4 is 57.9 Å². The summed E-state index contributed by atoms with van der Waals surface area (Å²) in [6.07, 6.45) is 0. The van der Waals surface area contributed by atoms with Crippen LogP contribution in [0.15, 0.2) is 53.0 Å². The number of nitrogens with zero attached hydrogens (tertiary/aromatic N) is 3. The number of aryl methyl sites for hydroxylation is 2. The fourth-order valence-electron chi connectivity index (χ4n) is 3.50. The second-order valence-electron chi connectivity index (χ2n) is 7.43. The predicted octanol–water partition coefficient (Wildman–Crippen LogP) is 7.35. The molecule has 0 aliphatic heterocycles. The highest BCUT2D eigenvalue weighted by molar-refractivity contribution is 7.99. The minimum Gasteiger partial charge on any atom is -0.323 e. The zero-order valence-corrected chi connectivity index (χ0v) is 21.5. The standard InChI is InChI=1S/C24H22Cl2N4OS2/c1-4-30-23(17-12-32-15(3)21(17)16-10-8-14(2)9-11-16)28-29-24(30)33-13-20(31)27-22-18(25)6-5-7-19(22)26/h5-12H,4,13H2,1-3H3,(H,27,31). The highest BCUT2D eigenvalue weighted by Crippen LogP contribution is 2.39. The first kappa shape index (κ1) is 23.8. The minimum absolute atomic E-state index is 0.160. The summed E-state index contributed by atoms with van der Waals surface area (Å²) in [7, 11) is 0. The van der Waals surface area contributed by atoms with Gasteiger partial charge < -0.3 is 9.88 Å². The van der Waals surface area contributed by atoms with E-state index in [1.54, 1.807) is 29.5 Å². The van der Waals surface area contributed by atoms with Gasteiger partial charge in [-0.05, 0) is 38.5 Å². The predicted molar refractivity (Wildman–Crippen MR) is 140 cm³/mol. The Morgan fingerprint density at radius 1 is 1.09 bits per heavy atom. The lowest BCUT2D eigenvalue weighted by molar-refractivity contribution is -0.113. The molecule has 1 N–H and O–H groups in total. The topological polar surface area (TPSA) is 59.8 Å². The number of hydrogen-bond acceptors (Lipinski definition) is 5. The molecule has 0 aliphatic rings. The number of carbonyl (C=O) groups is 1. The highest BCUT2D eigenvalue weighted by atomic mass is 35.5. The Bertz CT molecular complexity index is 1280. The number of amides is 1. The minimum atomic E-state index is -0.214. The number of rotatable bonds is 7. The van der Waals surface area contributed by atoms with Gasteiger partial charge in [-0.3, -0.25) is 4.79 Å². The van der Waals surface area contributed by atoms with Crippen LogP contribution >= 0.6 is 46.3 Å². The molecule has 2 aromatic heterocycles. The number of para-hydroxylation sites is 1. The van der Waals surface area contributed by atoms with Crippen molar-refractivity contribution < 1.29 is 4.79 Å². The van der Waals surface area contributed by atoms with Crippen molar-refractivity contribution in [2.24, 2.45) is 0 Å². The van der Waals surface area contributed by atoms with Crippen LogP contribution in [0.1, 0.15) is 17.4 Å². The van der Waals surface area contributed by atoms with E-state index in [1.807, 2.05) is 11.5 Å². The van der Waals surface area contributed by atoms with Gasteiger partial charge in [-0.1, -0.05) is 70.9 Å². The molecule has 0 spiro atoms. The Balaban J connectivity index is 1.56. The summed E-state index contributed by atoms with van der Waals surface area (Å²) in [4.78, 5) is 13.8. The zero-order valence-electron chi connectivity index (χ0n) is 18.4. The number of carbonyl (C=O) groups excluding carboxylic acids is 1. The molecule has 2 aromatic carbocycles. The van der Waals surface area contributed by atoms with Crippen LogP contribution in [-0.4, -0.2) is 26.4 Å². The molecule has 0 unspecified atom stereocenters. The number of benzene rings is 2. The van der Waals surface area contributed by atoms with Gasteiger partial charge in [-0.2, -0.15) is 0 Å². The molecule has 0 saturated heterocycles. The van der Waals surface area contributed by atoms with Crippen molar-refractivity contribution in [2.75, 3.05) is 11.1 Å². The van der Waals surface area contributed by atoms with Crippen LogP contribution in [0.4, 0.5) is 5.69 Å². The molecule has 1 amide bonds. The molecule has 0 fully saturated rings. The van der Waals surface area contributed by atoms with Crippen LogP contribution in [0.3, 0.4) is 0 Å². The third-order valence-electron chi connectivity index (χ3n) is 5.15. The van der Waals surface area contributed by atoms with E-state index in [9.17, 15) is 4.79 Å². The van der Waals surface area contributed by atoms with Crippen LogP contribution in [0, 0.1) is 13.8 Å². The molecule has 4 aromatic rings. The first-order valence-electron chi connectivity index (χ1n) is 10.3. The van der Waals surface area contributed by atoms with Gasteiger partial charge in [-0.25, -0.2) is 0 Å². The van der Waals surface area contributed by atoms with Crippen molar-refractivity contribution in [3.8, 4) is 22.5 Å². The van der Waals surface area contributed by atoms with Crippen LogP contribution in [0.2, 0.25) is 10.0 Å². The van der Waals surface area contributed by atoms with E-state index in [4.69, 9.17) is 23.2 Å². The quantitative estimate of drug-likeness (QED) is 0.261. The number of thiophene rings is 1. The van der Waals surface area contributed by atoms with Gasteiger partial charge in [0.05, 0.1) is 21.5 Å². The lowest BCUT2D eigenvalue weighted by Crippen LogP contribution is -2.15. The number of halogens is 2. The van der Waals surface area contributed by atoms with Crippen molar-refractivity contribution in [2.45, 2.75) is 32.5 Å². The number of hydrogen-bond donors (Lipinski definition) is 1. The zero-order chi connectivity index (χ0) is 23.5. The molecule has 0 atom stereocenters. The third kappa shape index (κ3) is 5.11. The van der Waals surface area contributed by atoms with Crippen molar-refractivity contribution in [3.63, 3.8) is 0 Å². The number of thioether (sulfide) groups is 1. The number of aromatic nitrogens is 3. The molecule has 0 radical (unpaired) electrons. The molecule has 33 heavy (non-hydrogen) atoms. The van der Waals surface area contributed by atoms with E-state index in [0.717, 1.165) is 17.0 Å². The summed E-state index contributed by atoms with van der Waals surface area (Å²) in [5.74, 6) is 0.746. The summed E-state index contributed by atoms with van der Waals surface area (Å²) < 4.78 is 2.04. The van der Waals surface area contributed by atoms with Crippen molar-refractivity contribution in [1.82, 2.24) is 14.8 Å². The molecule has 4 rings (SSSR count). The van der Waals surface area contributed by atoms with Gasteiger partial charge >= 0.3 is 0 Å². The highest BCUT2D eigenvalue weighted by Gasteiger charge is 2.20. The summed E-state index contributed by atoms with van der Waals surface area (Å²) in [5, 5.41) is 15.3. The maximum absolute atomic E-state index is 12.5. The molecule has 0 saturated carbocycles. The smallest absolute Gasteiger partial charge is 0.234 e. The summed E-state index contributed by atoms with van der Waals surface area (Å²) in [5.41, 5.74) is 5.02. The van der Waals surface area contributed by atoms with Gasteiger partial charge in [-0.15, -0.1) is 21.5 Å². The molecule has 0 bridgehead atoms. The van der Waals surface area contributed by atoms with Gasteiger partial charge in [0.2, 0.25) is 5.91 Å². The maximum atomic E-state index is 12.5. The fraction of sp³-hybridized carbons (Fsp3) is 0.208.